The quantitative estimate of drug-likeness (QED) is 0.430. The summed E-state index contributed by atoms with van der Waals surface area (Å²) in [5.41, 5.74) is 2.20. The van der Waals surface area contributed by atoms with Gasteiger partial charge < -0.3 is 10.2 Å². The van der Waals surface area contributed by atoms with E-state index in [9.17, 15) is 13.2 Å². The number of anilines is 2. The summed E-state index contributed by atoms with van der Waals surface area (Å²) < 4.78 is 47.0. The third-order valence-corrected chi connectivity index (χ3v) is 7.66. The minimum Gasteiger partial charge on any atom is -0.361 e. The zero-order valence-corrected chi connectivity index (χ0v) is 18.6. The highest BCUT2D eigenvalue weighted by molar-refractivity contribution is 7.10. The van der Waals surface area contributed by atoms with Crippen molar-refractivity contribution in [2.24, 2.45) is 11.8 Å². The molecule has 0 amide bonds. The predicted octanol–water partition coefficient (Wildman–Crippen LogP) is 4.91. The fourth-order valence-corrected chi connectivity index (χ4v) is 5.97. The predicted molar refractivity (Wildman–Crippen MR) is 121 cm³/mol. The van der Waals surface area contributed by atoms with Crippen molar-refractivity contribution in [1.29, 1.82) is 0 Å². The van der Waals surface area contributed by atoms with Crippen LogP contribution in [-0.4, -0.2) is 38.1 Å². The molecule has 2 aliphatic rings. The summed E-state index contributed by atoms with van der Waals surface area (Å²) in [5.74, 6) is -2.52. The van der Waals surface area contributed by atoms with Crippen molar-refractivity contribution in [3.8, 4) is 11.1 Å². The molecule has 3 aromatic heterocycles. The Hall–Kier alpha value is -3.14. The van der Waals surface area contributed by atoms with Gasteiger partial charge in [-0.15, -0.1) is 5.10 Å². The molecular weight excluding hydrogens is 449 g/mol. The molecule has 1 N–H and O–H groups in total. The highest BCUT2D eigenvalue weighted by Gasteiger charge is 2.43. The molecule has 6 rings (SSSR count). The number of fused-ring (bicyclic) bond motifs is 3. The molecule has 1 aromatic carbocycles. The summed E-state index contributed by atoms with van der Waals surface area (Å²) in [7, 11) is 0. The molecule has 1 aliphatic heterocycles. The van der Waals surface area contributed by atoms with Crippen molar-refractivity contribution in [3.63, 3.8) is 0 Å². The summed E-state index contributed by atoms with van der Waals surface area (Å²) in [5, 5.41) is 9.29. The van der Waals surface area contributed by atoms with E-state index in [-0.39, 0.29) is 11.6 Å². The number of aryl methyl sites for hydroxylation is 1. The minimum absolute atomic E-state index is 0.212. The molecule has 4 heterocycles. The highest BCUT2D eigenvalue weighted by atomic mass is 32.1. The second-order valence-corrected chi connectivity index (χ2v) is 9.64. The maximum absolute atomic E-state index is 13.8. The van der Waals surface area contributed by atoms with E-state index in [1.165, 1.54) is 5.00 Å². The Morgan fingerprint density at radius 3 is 2.45 bits per heavy atom. The number of hydrogen-bond acceptors (Lipinski definition) is 6. The first-order valence-corrected chi connectivity index (χ1v) is 11.7. The largest absolute Gasteiger partial charge is 0.361 e. The average Bonchev–Trinajstić information content (AvgIpc) is 3.47. The maximum atomic E-state index is 13.8. The van der Waals surface area contributed by atoms with Gasteiger partial charge in [-0.25, -0.2) is 17.7 Å². The lowest BCUT2D eigenvalue weighted by Gasteiger charge is -2.38. The van der Waals surface area contributed by atoms with Crippen LogP contribution in [0.25, 0.3) is 16.8 Å². The van der Waals surface area contributed by atoms with E-state index in [2.05, 4.69) is 30.7 Å². The van der Waals surface area contributed by atoms with Gasteiger partial charge in [0, 0.05) is 30.9 Å². The third-order valence-electron chi connectivity index (χ3n) is 6.71. The fraction of sp³-hybridized carbons (Fsp3) is 0.348. The standard InChI is InChI=1S/C23H21F3N6S/c1-12-7-19(33-30-12)31-10-13-4-5-14(11-31)21(13)27-23-28-22-16(3-2-6-32(22)29-23)15-8-17(24)20(26)18(25)9-15/h2-3,6-9,13-14,21H,4-5,10-11H2,1H3,(H,27,29). The minimum atomic E-state index is -1.48. The Bertz CT molecular complexity index is 1310. The smallest absolute Gasteiger partial charge is 0.243 e. The van der Waals surface area contributed by atoms with E-state index in [0.29, 0.717) is 29.0 Å². The summed E-state index contributed by atoms with van der Waals surface area (Å²) in [4.78, 5) is 7.05. The molecule has 2 bridgehead atoms. The Kier molecular flexibility index (Phi) is 4.79. The van der Waals surface area contributed by atoms with Gasteiger partial charge in [-0.1, -0.05) is 0 Å². The van der Waals surface area contributed by atoms with Gasteiger partial charge in [0.1, 0.15) is 5.00 Å². The maximum Gasteiger partial charge on any atom is 0.243 e. The molecule has 2 fully saturated rings. The molecule has 170 valence electrons. The molecule has 1 saturated carbocycles. The Morgan fingerprint density at radius 1 is 1.06 bits per heavy atom. The normalized spacial score (nSPS) is 22.3. The van der Waals surface area contributed by atoms with Crippen LogP contribution in [0.4, 0.5) is 24.1 Å². The van der Waals surface area contributed by atoms with Crippen molar-refractivity contribution in [2.45, 2.75) is 25.8 Å². The molecule has 33 heavy (non-hydrogen) atoms. The first-order valence-electron chi connectivity index (χ1n) is 10.9. The van der Waals surface area contributed by atoms with E-state index >= 15 is 0 Å². The van der Waals surface area contributed by atoms with Crippen molar-refractivity contribution in [2.75, 3.05) is 23.3 Å². The van der Waals surface area contributed by atoms with Crippen LogP contribution in [0.1, 0.15) is 18.5 Å². The van der Waals surface area contributed by atoms with Crippen LogP contribution in [0.5, 0.6) is 0 Å². The molecule has 0 spiro atoms. The molecular formula is C23H21F3N6S. The molecule has 2 unspecified atom stereocenters. The molecule has 1 aliphatic carbocycles. The van der Waals surface area contributed by atoms with Gasteiger partial charge in [0.2, 0.25) is 5.95 Å². The van der Waals surface area contributed by atoms with Gasteiger partial charge in [-0.3, -0.25) is 0 Å². The zero-order chi connectivity index (χ0) is 22.7. The number of benzene rings is 1. The van der Waals surface area contributed by atoms with Crippen molar-refractivity contribution < 1.29 is 13.2 Å². The number of piperidine rings is 1. The van der Waals surface area contributed by atoms with E-state index in [0.717, 1.165) is 43.8 Å². The van der Waals surface area contributed by atoms with Gasteiger partial charge in [-0.05, 0) is 79.0 Å². The summed E-state index contributed by atoms with van der Waals surface area (Å²) >= 11 is 1.55. The summed E-state index contributed by atoms with van der Waals surface area (Å²) in [6, 6.07) is 7.78. The van der Waals surface area contributed by atoms with Crippen LogP contribution in [0.2, 0.25) is 0 Å². The van der Waals surface area contributed by atoms with Crippen molar-refractivity contribution in [3.05, 3.63) is 59.7 Å². The van der Waals surface area contributed by atoms with Crippen LogP contribution in [0.15, 0.2) is 36.5 Å². The van der Waals surface area contributed by atoms with Crippen LogP contribution in [0, 0.1) is 36.2 Å². The molecule has 0 radical (unpaired) electrons. The Morgan fingerprint density at radius 2 is 1.79 bits per heavy atom. The lowest BCUT2D eigenvalue weighted by molar-refractivity contribution is 0.377. The van der Waals surface area contributed by atoms with Crippen molar-refractivity contribution in [1.82, 2.24) is 19.0 Å². The SMILES string of the molecule is Cc1cc(N2CC3CCC(C2)C3Nc2nc3c(-c4cc(F)c(F)c(F)c4)cccn3n2)sn1. The van der Waals surface area contributed by atoms with Gasteiger partial charge in [-0.2, -0.15) is 9.36 Å². The van der Waals surface area contributed by atoms with Gasteiger partial charge >= 0.3 is 0 Å². The second-order valence-electron chi connectivity index (χ2n) is 8.86. The molecule has 6 nitrogen and oxygen atoms in total. The highest BCUT2D eigenvalue weighted by Crippen LogP contribution is 2.41. The van der Waals surface area contributed by atoms with E-state index in [4.69, 9.17) is 0 Å². The first-order chi connectivity index (χ1) is 16.0. The van der Waals surface area contributed by atoms with Crippen LogP contribution in [-0.2, 0) is 0 Å². The van der Waals surface area contributed by atoms with E-state index in [1.54, 1.807) is 34.4 Å². The topological polar surface area (TPSA) is 58.4 Å². The second kappa shape index (κ2) is 7.72. The van der Waals surface area contributed by atoms with E-state index < -0.39 is 17.5 Å². The number of aromatic nitrogens is 4. The van der Waals surface area contributed by atoms with Crippen LogP contribution < -0.4 is 10.2 Å². The Balaban J connectivity index is 1.27. The monoisotopic (exact) mass is 470 g/mol. The van der Waals surface area contributed by atoms with Gasteiger partial charge in [0.05, 0.1) is 5.69 Å². The molecule has 10 heteroatoms. The number of nitrogens with zero attached hydrogens (tertiary/aromatic N) is 5. The number of halogens is 3. The van der Waals surface area contributed by atoms with Gasteiger partial charge in [0.25, 0.3) is 0 Å². The number of hydrogen-bond donors (Lipinski definition) is 1. The summed E-state index contributed by atoms with van der Waals surface area (Å²) in [6.07, 6.45) is 4.02. The molecule has 2 atom stereocenters. The van der Waals surface area contributed by atoms with Gasteiger partial charge in [0.15, 0.2) is 23.1 Å². The number of rotatable bonds is 4. The average molecular weight is 471 g/mol. The third kappa shape index (κ3) is 3.52. The van der Waals surface area contributed by atoms with E-state index in [1.807, 2.05) is 6.92 Å². The lowest BCUT2D eigenvalue weighted by Crippen LogP contribution is -2.48. The first kappa shape index (κ1) is 20.5. The summed E-state index contributed by atoms with van der Waals surface area (Å²) in [6.45, 7) is 3.94. The number of pyridine rings is 1. The number of nitrogens with one attached hydrogen (secondary N) is 1. The zero-order valence-electron chi connectivity index (χ0n) is 17.8. The molecule has 4 aromatic rings. The lowest BCUT2D eigenvalue weighted by atomic mass is 9.92. The van der Waals surface area contributed by atoms with Crippen LogP contribution >= 0.6 is 11.5 Å². The Labute approximate surface area is 192 Å². The van der Waals surface area contributed by atoms with Crippen molar-refractivity contribution >= 4 is 28.1 Å². The fourth-order valence-electron chi connectivity index (χ4n) is 5.19. The van der Waals surface area contributed by atoms with Crippen LogP contribution in [0.3, 0.4) is 0 Å². The molecule has 1 saturated heterocycles.